The first-order chi connectivity index (χ1) is 8.81. The molecule has 0 unspecified atom stereocenters. The molecular formula is C14H19NO3. The predicted molar refractivity (Wildman–Crippen MR) is 67.9 cm³/mol. The van der Waals surface area contributed by atoms with Gasteiger partial charge in [0.2, 0.25) is 5.91 Å². The molecule has 1 aliphatic carbocycles. The molecule has 2 rings (SSSR count). The Bertz CT molecular complexity index is 397. The Hall–Kier alpha value is -1.55. The third kappa shape index (κ3) is 3.23. The Morgan fingerprint density at radius 1 is 1.61 bits per heavy atom. The minimum Gasteiger partial charge on any atom is -0.467 e. The third-order valence-corrected chi connectivity index (χ3v) is 3.25. The second kappa shape index (κ2) is 6.40. The number of methoxy groups -OCH3 is 1. The van der Waals surface area contributed by atoms with Crippen LogP contribution in [0.1, 0.15) is 31.1 Å². The molecule has 0 spiro atoms. The molecule has 1 aliphatic rings. The molecule has 0 aromatic carbocycles. The average molecular weight is 249 g/mol. The molecule has 0 fully saturated rings. The molecule has 0 aliphatic heterocycles. The highest BCUT2D eigenvalue weighted by molar-refractivity contribution is 5.79. The summed E-state index contributed by atoms with van der Waals surface area (Å²) in [5, 5.41) is 2.93. The monoisotopic (exact) mass is 249 g/mol. The summed E-state index contributed by atoms with van der Waals surface area (Å²) in [6, 6.07) is 3.67. The lowest BCUT2D eigenvalue weighted by atomic mass is 9.93. The zero-order valence-electron chi connectivity index (χ0n) is 10.6. The number of rotatable bonds is 5. The van der Waals surface area contributed by atoms with Crippen LogP contribution in [0, 0.1) is 5.92 Å². The van der Waals surface area contributed by atoms with Crippen molar-refractivity contribution in [1.29, 1.82) is 0 Å². The topological polar surface area (TPSA) is 51.5 Å². The number of hydrogen-bond acceptors (Lipinski definition) is 3. The van der Waals surface area contributed by atoms with Crippen LogP contribution in [-0.4, -0.2) is 19.6 Å². The summed E-state index contributed by atoms with van der Waals surface area (Å²) in [4.78, 5) is 12.0. The molecule has 4 heteroatoms. The average Bonchev–Trinajstić information content (AvgIpc) is 2.94. The van der Waals surface area contributed by atoms with Crippen LogP contribution in [0.3, 0.4) is 0 Å². The maximum absolute atomic E-state index is 12.0. The molecule has 98 valence electrons. The van der Waals surface area contributed by atoms with Crippen molar-refractivity contribution < 1.29 is 13.9 Å². The Labute approximate surface area is 107 Å². The maximum atomic E-state index is 12.0. The van der Waals surface area contributed by atoms with Crippen LogP contribution in [0.4, 0.5) is 0 Å². The van der Waals surface area contributed by atoms with Crippen molar-refractivity contribution >= 4 is 5.91 Å². The third-order valence-electron chi connectivity index (χ3n) is 3.25. The van der Waals surface area contributed by atoms with Gasteiger partial charge in [-0.3, -0.25) is 4.79 Å². The van der Waals surface area contributed by atoms with Gasteiger partial charge in [0.25, 0.3) is 0 Å². The normalized spacial score (nSPS) is 20.6. The molecule has 18 heavy (non-hydrogen) atoms. The first kappa shape index (κ1) is 12.9. The lowest BCUT2D eigenvalue weighted by Gasteiger charge is -2.19. The van der Waals surface area contributed by atoms with Crippen LogP contribution in [-0.2, 0) is 9.53 Å². The van der Waals surface area contributed by atoms with Gasteiger partial charge in [0.15, 0.2) is 0 Å². The largest absolute Gasteiger partial charge is 0.467 e. The fraction of sp³-hybridized carbons (Fsp3) is 0.500. The van der Waals surface area contributed by atoms with Crippen molar-refractivity contribution in [3.63, 3.8) is 0 Å². The van der Waals surface area contributed by atoms with E-state index in [1.807, 2.05) is 12.1 Å². The van der Waals surface area contributed by atoms with Gasteiger partial charge in [0.05, 0.1) is 12.8 Å². The van der Waals surface area contributed by atoms with Gasteiger partial charge >= 0.3 is 0 Å². The minimum atomic E-state index is -0.219. The van der Waals surface area contributed by atoms with Crippen LogP contribution < -0.4 is 5.32 Å². The minimum absolute atomic E-state index is 0.101. The van der Waals surface area contributed by atoms with Crippen molar-refractivity contribution in [3.8, 4) is 0 Å². The first-order valence-electron chi connectivity index (χ1n) is 6.30. The van der Waals surface area contributed by atoms with Crippen LogP contribution in [0.5, 0.6) is 0 Å². The molecule has 4 nitrogen and oxygen atoms in total. The first-order valence-corrected chi connectivity index (χ1v) is 6.30. The van der Waals surface area contributed by atoms with Crippen molar-refractivity contribution in [2.45, 2.75) is 25.4 Å². The summed E-state index contributed by atoms with van der Waals surface area (Å²) >= 11 is 0. The lowest BCUT2D eigenvalue weighted by Crippen LogP contribution is -2.34. The SMILES string of the molecule is CO[C@@H](CNC(=O)[C@H]1CC=CCC1)c1ccco1. The van der Waals surface area contributed by atoms with E-state index in [1.165, 1.54) is 0 Å². The molecule has 0 radical (unpaired) electrons. The summed E-state index contributed by atoms with van der Waals surface area (Å²) in [7, 11) is 1.61. The fourth-order valence-corrected chi connectivity index (χ4v) is 2.14. The Kier molecular flexibility index (Phi) is 4.59. The smallest absolute Gasteiger partial charge is 0.223 e. The lowest BCUT2D eigenvalue weighted by molar-refractivity contribution is -0.125. The Morgan fingerprint density at radius 2 is 2.50 bits per heavy atom. The van der Waals surface area contributed by atoms with E-state index in [0.29, 0.717) is 6.54 Å². The summed E-state index contributed by atoms with van der Waals surface area (Å²) in [6.45, 7) is 0.447. The molecule has 1 heterocycles. The molecule has 1 aromatic heterocycles. The number of furan rings is 1. The summed E-state index contributed by atoms with van der Waals surface area (Å²) in [5.74, 6) is 0.943. The molecule has 0 bridgehead atoms. The zero-order valence-corrected chi connectivity index (χ0v) is 10.6. The number of ether oxygens (including phenoxy) is 1. The highest BCUT2D eigenvalue weighted by Gasteiger charge is 2.20. The van der Waals surface area contributed by atoms with Gasteiger partial charge in [-0.1, -0.05) is 12.2 Å². The Balaban J connectivity index is 1.82. The maximum Gasteiger partial charge on any atom is 0.223 e. The molecule has 1 amide bonds. The van der Waals surface area contributed by atoms with Crippen LogP contribution >= 0.6 is 0 Å². The number of allylic oxidation sites excluding steroid dienone is 2. The quantitative estimate of drug-likeness (QED) is 0.815. The highest BCUT2D eigenvalue weighted by atomic mass is 16.5. The van der Waals surface area contributed by atoms with E-state index < -0.39 is 0 Å². The number of hydrogen-bond donors (Lipinski definition) is 1. The van der Waals surface area contributed by atoms with Gasteiger partial charge in [-0.25, -0.2) is 0 Å². The van der Waals surface area contributed by atoms with Crippen molar-refractivity contribution in [1.82, 2.24) is 5.32 Å². The molecule has 0 saturated heterocycles. The van der Waals surface area contributed by atoms with Crippen molar-refractivity contribution in [2.24, 2.45) is 5.92 Å². The van der Waals surface area contributed by atoms with Gasteiger partial charge in [-0.15, -0.1) is 0 Å². The van der Waals surface area contributed by atoms with Gasteiger partial charge in [-0.2, -0.15) is 0 Å². The number of carbonyl (C=O) groups is 1. The van der Waals surface area contributed by atoms with E-state index >= 15 is 0 Å². The highest BCUT2D eigenvalue weighted by Crippen LogP contribution is 2.19. The molecular weight excluding hydrogens is 230 g/mol. The standard InChI is InChI=1S/C14H19NO3/c1-17-13(12-8-5-9-18-12)10-15-14(16)11-6-3-2-4-7-11/h2-3,5,8-9,11,13H,4,6-7,10H2,1H3,(H,15,16)/t11-,13-/m0/s1. The zero-order chi connectivity index (χ0) is 12.8. The van der Waals surface area contributed by atoms with Gasteiger partial charge < -0.3 is 14.5 Å². The predicted octanol–water partition coefficient (Wildman–Crippen LogP) is 2.44. The van der Waals surface area contributed by atoms with Gasteiger partial charge in [0, 0.05) is 13.0 Å². The Morgan fingerprint density at radius 3 is 3.11 bits per heavy atom. The van der Waals surface area contributed by atoms with Crippen LogP contribution in [0.2, 0.25) is 0 Å². The van der Waals surface area contributed by atoms with Crippen molar-refractivity contribution in [2.75, 3.05) is 13.7 Å². The number of carbonyl (C=O) groups excluding carboxylic acids is 1. The molecule has 1 aromatic rings. The van der Waals surface area contributed by atoms with Crippen LogP contribution in [0.15, 0.2) is 35.0 Å². The second-order valence-corrected chi connectivity index (χ2v) is 4.47. The van der Waals surface area contributed by atoms with E-state index in [-0.39, 0.29) is 17.9 Å². The van der Waals surface area contributed by atoms with E-state index in [4.69, 9.17) is 9.15 Å². The number of amides is 1. The molecule has 0 saturated carbocycles. The van der Waals surface area contributed by atoms with E-state index in [0.717, 1.165) is 25.0 Å². The van der Waals surface area contributed by atoms with Crippen LogP contribution in [0.25, 0.3) is 0 Å². The van der Waals surface area contributed by atoms with E-state index in [1.54, 1.807) is 13.4 Å². The van der Waals surface area contributed by atoms with Gasteiger partial charge in [-0.05, 0) is 31.4 Å². The summed E-state index contributed by atoms with van der Waals surface area (Å²) < 4.78 is 10.6. The fourth-order valence-electron chi connectivity index (χ4n) is 2.14. The summed E-state index contributed by atoms with van der Waals surface area (Å²) in [6.07, 6.45) is 8.35. The molecule has 1 N–H and O–H groups in total. The second-order valence-electron chi connectivity index (χ2n) is 4.47. The van der Waals surface area contributed by atoms with Crippen molar-refractivity contribution in [3.05, 3.63) is 36.3 Å². The summed E-state index contributed by atoms with van der Waals surface area (Å²) in [5.41, 5.74) is 0. The van der Waals surface area contributed by atoms with E-state index in [9.17, 15) is 4.79 Å². The molecule has 2 atom stereocenters. The van der Waals surface area contributed by atoms with Gasteiger partial charge in [0.1, 0.15) is 11.9 Å². The van der Waals surface area contributed by atoms with E-state index in [2.05, 4.69) is 17.5 Å². The number of nitrogens with one attached hydrogen (secondary N) is 1.